The SMILES string of the molecule is CCNCC1CCc2nc(C(C)(C)C)ncc2C1. The molecule has 0 fully saturated rings. The molecule has 0 bridgehead atoms. The van der Waals surface area contributed by atoms with Crippen molar-refractivity contribution in [3.8, 4) is 0 Å². The molecule has 1 heterocycles. The summed E-state index contributed by atoms with van der Waals surface area (Å²) >= 11 is 0. The van der Waals surface area contributed by atoms with Gasteiger partial charge in [-0.15, -0.1) is 0 Å². The second-order valence-corrected chi connectivity index (χ2v) is 6.33. The van der Waals surface area contributed by atoms with Crippen LogP contribution in [0.2, 0.25) is 0 Å². The number of rotatable bonds is 3. The first kappa shape index (κ1) is 13.5. The lowest BCUT2D eigenvalue weighted by atomic mass is 9.86. The predicted molar refractivity (Wildman–Crippen MR) is 74.8 cm³/mol. The van der Waals surface area contributed by atoms with Gasteiger partial charge >= 0.3 is 0 Å². The van der Waals surface area contributed by atoms with Crippen LogP contribution in [0.25, 0.3) is 0 Å². The topological polar surface area (TPSA) is 37.8 Å². The van der Waals surface area contributed by atoms with Crippen molar-refractivity contribution in [3.05, 3.63) is 23.3 Å². The molecule has 0 aliphatic heterocycles. The average molecular weight is 247 g/mol. The molecular formula is C15H25N3. The maximum atomic E-state index is 4.77. The number of aromatic nitrogens is 2. The Bertz CT molecular complexity index is 407. The van der Waals surface area contributed by atoms with E-state index in [1.165, 1.54) is 17.7 Å². The van der Waals surface area contributed by atoms with E-state index in [1.54, 1.807) is 0 Å². The highest BCUT2D eigenvalue weighted by Crippen LogP contribution is 2.26. The standard InChI is InChI=1S/C15H25N3/c1-5-16-9-11-6-7-13-12(8-11)10-17-14(18-13)15(2,3)4/h10-11,16H,5-9H2,1-4H3. The van der Waals surface area contributed by atoms with Crippen molar-refractivity contribution in [2.24, 2.45) is 5.92 Å². The number of nitrogens with one attached hydrogen (secondary N) is 1. The summed E-state index contributed by atoms with van der Waals surface area (Å²) in [5.74, 6) is 1.73. The number of nitrogens with zero attached hydrogens (tertiary/aromatic N) is 2. The number of hydrogen-bond acceptors (Lipinski definition) is 3. The molecule has 1 unspecified atom stereocenters. The highest BCUT2D eigenvalue weighted by Gasteiger charge is 2.23. The molecular weight excluding hydrogens is 222 g/mol. The van der Waals surface area contributed by atoms with Crippen LogP contribution >= 0.6 is 0 Å². The molecule has 3 nitrogen and oxygen atoms in total. The van der Waals surface area contributed by atoms with E-state index in [9.17, 15) is 0 Å². The highest BCUT2D eigenvalue weighted by molar-refractivity contribution is 5.23. The lowest BCUT2D eigenvalue weighted by Crippen LogP contribution is -2.28. The third-order valence-electron chi connectivity index (χ3n) is 3.61. The van der Waals surface area contributed by atoms with Gasteiger partial charge in [0.15, 0.2) is 0 Å². The van der Waals surface area contributed by atoms with Crippen molar-refractivity contribution in [3.63, 3.8) is 0 Å². The van der Waals surface area contributed by atoms with Gasteiger partial charge in [0.05, 0.1) is 0 Å². The van der Waals surface area contributed by atoms with Gasteiger partial charge in [-0.2, -0.15) is 0 Å². The van der Waals surface area contributed by atoms with Crippen molar-refractivity contribution in [2.75, 3.05) is 13.1 Å². The van der Waals surface area contributed by atoms with Gasteiger partial charge < -0.3 is 5.32 Å². The average Bonchev–Trinajstić information content (AvgIpc) is 2.34. The Morgan fingerprint density at radius 3 is 2.83 bits per heavy atom. The zero-order chi connectivity index (χ0) is 13.2. The molecule has 1 aliphatic rings. The van der Waals surface area contributed by atoms with E-state index in [2.05, 4.69) is 44.2 Å². The van der Waals surface area contributed by atoms with Crippen LogP contribution in [-0.4, -0.2) is 23.1 Å². The van der Waals surface area contributed by atoms with Crippen molar-refractivity contribution in [1.29, 1.82) is 0 Å². The maximum Gasteiger partial charge on any atom is 0.133 e. The van der Waals surface area contributed by atoms with Crippen molar-refractivity contribution in [1.82, 2.24) is 15.3 Å². The third-order valence-corrected chi connectivity index (χ3v) is 3.61. The molecule has 18 heavy (non-hydrogen) atoms. The molecule has 0 radical (unpaired) electrons. The van der Waals surface area contributed by atoms with Crippen LogP contribution in [0, 0.1) is 5.92 Å². The number of aryl methyl sites for hydroxylation is 1. The molecule has 0 aromatic carbocycles. The van der Waals surface area contributed by atoms with E-state index in [-0.39, 0.29) is 5.41 Å². The van der Waals surface area contributed by atoms with E-state index < -0.39 is 0 Å². The van der Waals surface area contributed by atoms with Crippen LogP contribution in [0.5, 0.6) is 0 Å². The first-order valence-corrected chi connectivity index (χ1v) is 7.06. The van der Waals surface area contributed by atoms with Crippen LogP contribution in [0.4, 0.5) is 0 Å². The van der Waals surface area contributed by atoms with Crippen molar-refractivity contribution >= 4 is 0 Å². The van der Waals surface area contributed by atoms with Crippen LogP contribution in [0.3, 0.4) is 0 Å². The van der Waals surface area contributed by atoms with Gasteiger partial charge in [0.25, 0.3) is 0 Å². The predicted octanol–water partition coefficient (Wildman–Crippen LogP) is 2.49. The Morgan fingerprint density at radius 1 is 1.39 bits per heavy atom. The van der Waals surface area contributed by atoms with Gasteiger partial charge in [-0.1, -0.05) is 27.7 Å². The Morgan fingerprint density at radius 2 is 2.17 bits per heavy atom. The van der Waals surface area contributed by atoms with Gasteiger partial charge in [-0.25, -0.2) is 9.97 Å². The molecule has 0 spiro atoms. The number of fused-ring (bicyclic) bond motifs is 1. The number of hydrogen-bond donors (Lipinski definition) is 1. The molecule has 0 saturated heterocycles. The maximum absolute atomic E-state index is 4.77. The largest absolute Gasteiger partial charge is 0.317 e. The van der Waals surface area contributed by atoms with Crippen molar-refractivity contribution < 1.29 is 0 Å². The second kappa shape index (κ2) is 5.35. The van der Waals surface area contributed by atoms with E-state index >= 15 is 0 Å². The monoisotopic (exact) mass is 247 g/mol. The molecule has 1 N–H and O–H groups in total. The second-order valence-electron chi connectivity index (χ2n) is 6.33. The fourth-order valence-corrected chi connectivity index (χ4v) is 2.47. The normalized spacial score (nSPS) is 19.7. The summed E-state index contributed by atoms with van der Waals surface area (Å²) in [6.07, 6.45) is 5.55. The summed E-state index contributed by atoms with van der Waals surface area (Å²) in [5.41, 5.74) is 2.69. The third kappa shape index (κ3) is 3.08. The minimum absolute atomic E-state index is 0.0512. The molecule has 100 valence electrons. The molecule has 3 heteroatoms. The van der Waals surface area contributed by atoms with Gasteiger partial charge in [-0.3, -0.25) is 0 Å². The Balaban J connectivity index is 2.11. The van der Waals surface area contributed by atoms with Gasteiger partial charge in [0, 0.05) is 17.3 Å². The van der Waals surface area contributed by atoms with E-state index in [0.29, 0.717) is 0 Å². The highest BCUT2D eigenvalue weighted by atomic mass is 14.9. The summed E-state index contributed by atoms with van der Waals surface area (Å²) in [5, 5.41) is 3.44. The van der Waals surface area contributed by atoms with Crippen LogP contribution < -0.4 is 5.32 Å². The minimum Gasteiger partial charge on any atom is -0.317 e. The quantitative estimate of drug-likeness (QED) is 0.891. The van der Waals surface area contributed by atoms with E-state index in [1.807, 2.05) is 0 Å². The summed E-state index contributed by atoms with van der Waals surface area (Å²) < 4.78 is 0. The molecule has 1 atom stereocenters. The lowest BCUT2D eigenvalue weighted by molar-refractivity contribution is 0.420. The van der Waals surface area contributed by atoms with E-state index in [0.717, 1.165) is 37.7 Å². The summed E-state index contributed by atoms with van der Waals surface area (Å²) in [4.78, 5) is 9.31. The molecule has 0 amide bonds. The zero-order valence-electron chi connectivity index (χ0n) is 12.1. The Kier molecular flexibility index (Phi) is 4.00. The summed E-state index contributed by atoms with van der Waals surface area (Å²) in [7, 11) is 0. The van der Waals surface area contributed by atoms with Crippen LogP contribution in [-0.2, 0) is 18.3 Å². The molecule has 1 aromatic heterocycles. The smallest absolute Gasteiger partial charge is 0.133 e. The summed E-state index contributed by atoms with van der Waals surface area (Å²) in [6.45, 7) is 10.9. The minimum atomic E-state index is 0.0512. The Hall–Kier alpha value is -0.960. The Labute approximate surface area is 110 Å². The van der Waals surface area contributed by atoms with E-state index in [4.69, 9.17) is 4.98 Å². The molecule has 0 saturated carbocycles. The molecule has 1 aliphatic carbocycles. The molecule has 1 aromatic rings. The van der Waals surface area contributed by atoms with Gasteiger partial charge in [-0.05, 0) is 43.8 Å². The first-order chi connectivity index (χ1) is 8.50. The fourth-order valence-electron chi connectivity index (χ4n) is 2.47. The lowest BCUT2D eigenvalue weighted by Gasteiger charge is -2.25. The molecule has 2 rings (SSSR count). The summed E-state index contributed by atoms with van der Waals surface area (Å²) in [6, 6.07) is 0. The van der Waals surface area contributed by atoms with Crippen LogP contribution in [0.15, 0.2) is 6.20 Å². The van der Waals surface area contributed by atoms with Gasteiger partial charge in [0.1, 0.15) is 5.82 Å². The first-order valence-electron chi connectivity index (χ1n) is 7.06. The van der Waals surface area contributed by atoms with Gasteiger partial charge in [0.2, 0.25) is 0 Å². The van der Waals surface area contributed by atoms with Crippen LogP contribution in [0.1, 0.15) is 51.2 Å². The van der Waals surface area contributed by atoms with Crippen molar-refractivity contribution in [2.45, 2.75) is 52.4 Å². The zero-order valence-corrected chi connectivity index (χ0v) is 12.1. The fraction of sp³-hybridized carbons (Fsp3) is 0.733.